The van der Waals surface area contributed by atoms with E-state index in [0.717, 1.165) is 29.9 Å². The fourth-order valence-corrected chi connectivity index (χ4v) is 3.39. The van der Waals surface area contributed by atoms with Gasteiger partial charge in [0.25, 0.3) is 0 Å². The highest BCUT2D eigenvalue weighted by atomic mass is 35.5. The van der Waals surface area contributed by atoms with Crippen LogP contribution in [0, 0.1) is 5.92 Å². The second-order valence-corrected chi connectivity index (χ2v) is 6.23. The number of nitrogens with zero attached hydrogens (tertiary/aromatic N) is 4. The number of hydrogen-bond acceptors (Lipinski definition) is 4. The van der Waals surface area contributed by atoms with Gasteiger partial charge in [0.05, 0.1) is 5.39 Å². The monoisotopic (exact) mass is 307 g/mol. The zero-order valence-electron chi connectivity index (χ0n) is 12.8. The number of H-pyrrole nitrogens is 1. The average Bonchev–Trinajstić information content (AvgIpc) is 2.94. The normalized spacial score (nSPS) is 23.6. The topological polar surface area (TPSA) is 48.1 Å². The predicted molar refractivity (Wildman–Crippen MR) is 87.0 cm³/mol. The number of nitrogens with one attached hydrogen (secondary N) is 1. The summed E-state index contributed by atoms with van der Waals surface area (Å²) in [7, 11) is 2.12. The van der Waals surface area contributed by atoms with Crippen LogP contribution in [0.15, 0.2) is 12.3 Å². The molecule has 0 saturated carbocycles. The molecule has 6 heteroatoms. The van der Waals surface area contributed by atoms with E-state index in [4.69, 9.17) is 11.6 Å². The number of aromatic amines is 1. The first-order valence-electron chi connectivity index (χ1n) is 7.56. The Hall–Kier alpha value is -1.33. The van der Waals surface area contributed by atoms with Crippen LogP contribution in [-0.4, -0.2) is 52.6 Å². The number of hydrogen-bond donors (Lipinski definition) is 1. The molecule has 2 atom stereocenters. The predicted octanol–water partition coefficient (Wildman–Crippen LogP) is 2.78. The number of aromatic nitrogens is 3. The van der Waals surface area contributed by atoms with Crippen molar-refractivity contribution in [3.63, 3.8) is 0 Å². The van der Waals surface area contributed by atoms with Crippen molar-refractivity contribution in [3.8, 4) is 0 Å². The Morgan fingerprint density at radius 1 is 1.48 bits per heavy atom. The molecule has 0 aliphatic carbocycles. The van der Waals surface area contributed by atoms with Gasteiger partial charge in [-0.3, -0.25) is 0 Å². The van der Waals surface area contributed by atoms with Crippen LogP contribution in [0.25, 0.3) is 11.0 Å². The molecule has 1 aliphatic heterocycles. The zero-order chi connectivity index (χ0) is 15.0. The van der Waals surface area contributed by atoms with Gasteiger partial charge in [-0.15, -0.1) is 0 Å². The second-order valence-electron chi connectivity index (χ2n) is 5.89. The minimum absolute atomic E-state index is 0.294. The number of piperidine rings is 1. The third-order valence-corrected chi connectivity index (χ3v) is 4.82. The van der Waals surface area contributed by atoms with Crippen LogP contribution in [0.4, 0.5) is 5.82 Å². The molecular formula is C15H22ClN5. The van der Waals surface area contributed by atoms with Crippen molar-refractivity contribution in [2.75, 3.05) is 31.6 Å². The van der Waals surface area contributed by atoms with Crippen LogP contribution < -0.4 is 4.90 Å². The molecule has 1 saturated heterocycles. The van der Waals surface area contributed by atoms with Crippen molar-refractivity contribution in [1.82, 2.24) is 19.9 Å². The van der Waals surface area contributed by atoms with E-state index >= 15 is 0 Å². The molecule has 1 aliphatic rings. The molecule has 0 amide bonds. The van der Waals surface area contributed by atoms with Gasteiger partial charge in [0.1, 0.15) is 11.5 Å². The number of fused-ring (bicyclic) bond motifs is 1. The summed E-state index contributed by atoms with van der Waals surface area (Å²) in [5.74, 6) is 1.56. The Morgan fingerprint density at radius 2 is 2.29 bits per heavy atom. The summed E-state index contributed by atoms with van der Waals surface area (Å²) in [6.45, 7) is 7.90. The van der Waals surface area contributed by atoms with Crippen LogP contribution in [0.5, 0.6) is 0 Å². The molecule has 1 unspecified atom stereocenters. The van der Waals surface area contributed by atoms with E-state index in [1.807, 2.05) is 12.3 Å². The van der Waals surface area contributed by atoms with Gasteiger partial charge >= 0.3 is 0 Å². The summed E-state index contributed by atoms with van der Waals surface area (Å²) in [5.41, 5.74) is 0.799. The van der Waals surface area contributed by atoms with Gasteiger partial charge in [0.15, 0.2) is 0 Å². The van der Waals surface area contributed by atoms with E-state index < -0.39 is 0 Å². The zero-order valence-corrected chi connectivity index (χ0v) is 13.6. The number of anilines is 1. The molecule has 3 rings (SSSR count). The van der Waals surface area contributed by atoms with Gasteiger partial charge in [-0.1, -0.05) is 13.8 Å². The molecule has 1 fully saturated rings. The van der Waals surface area contributed by atoms with Crippen molar-refractivity contribution >= 4 is 28.5 Å². The third kappa shape index (κ3) is 2.72. The highest BCUT2D eigenvalue weighted by molar-refractivity contribution is 6.28. The molecule has 2 aromatic rings. The molecule has 3 heterocycles. The highest BCUT2D eigenvalue weighted by Gasteiger charge is 2.30. The van der Waals surface area contributed by atoms with E-state index in [0.29, 0.717) is 17.2 Å². The van der Waals surface area contributed by atoms with E-state index in [9.17, 15) is 0 Å². The molecule has 0 bridgehead atoms. The number of likely N-dealkylation sites (tertiary alicyclic amines) is 1. The van der Waals surface area contributed by atoms with Crippen molar-refractivity contribution < 1.29 is 0 Å². The molecule has 2 aromatic heterocycles. The van der Waals surface area contributed by atoms with Crippen molar-refractivity contribution in [2.24, 2.45) is 5.92 Å². The molecule has 1 N–H and O–H groups in total. The lowest BCUT2D eigenvalue weighted by Crippen LogP contribution is -2.51. The summed E-state index contributed by atoms with van der Waals surface area (Å²) < 4.78 is 0. The lowest BCUT2D eigenvalue weighted by molar-refractivity contribution is 0.173. The van der Waals surface area contributed by atoms with Gasteiger partial charge in [-0.2, -0.15) is 9.97 Å². The van der Waals surface area contributed by atoms with E-state index in [1.54, 1.807) is 0 Å². The SMILES string of the molecule is CCN1CC[C@@H](C)C(N(C)c2nc(Cl)nc3[nH]ccc23)C1. The minimum Gasteiger partial charge on any atom is -0.354 e. The Labute approximate surface area is 130 Å². The molecule has 0 radical (unpaired) electrons. The maximum atomic E-state index is 6.08. The summed E-state index contributed by atoms with van der Waals surface area (Å²) in [4.78, 5) is 16.6. The largest absolute Gasteiger partial charge is 0.354 e. The molecule has 21 heavy (non-hydrogen) atoms. The number of likely N-dealkylation sites (N-methyl/N-ethyl adjacent to an activating group) is 2. The van der Waals surface area contributed by atoms with E-state index in [1.165, 1.54) is 13.0 Å². The van der Waals surface area contributed by atoms with Gasteiger partial charge in [-0.05, 0) is 43.1 Å². The molecule has 5 nitrogen and oxygen atoms in total. The van der Waals surface area contributed by atoms with Gasteiger partial charge in [0.2, 0.25) is 5.28 Å². The van der Waals surface area contributed by atoms with Crippen LogP contribution in [0.1, 0.15) is 20.3 Å². The molecule has 114 valence electrons. The fraction of sp³-hybridized carbons (Fsp3) is 0.600. The first kappa shape index (κ1) is 14.6. The van der Waals surface area contributed by atoms with Crippen molar-refractivity contribution in [2.45, 2.75) is 26.3 Å². The van der Waals surface area contributed by atoms with E-state index in [-0.39, 0.29) is 0 Å². The molecule has 0 aromatic carbocycles. The first-order chi connectivity index (χ1) is 10.1. The average molecular weight is 308 g/mol. The van der Waals surface area contributed by atoms with Gasteiger partial charge in [-0.25, -0.2) is 0 Å². The fourth-order valence-electron chi connectivity index (χ4n) is 3.23. The molecular weight excluding hydrogens is 286 g/mol. The first-order valence-corrected chi connectivity index (χ1v) is 7.93. The van der Waals surface area contributed by atoms with Crippen molar-refractivity contribution in [1.29, 1.82) is 0 Å². The summed E-state index contributed by atoms with van der Waals surface area (Å²) in [5, 5.41) is 1.32. The van der Waals surface area contributed by atoms with E-state index in [2.05, 4.69) is 45.6 Å². The summed E-state index contributed by atoms with van der Waals surface area (Å²) >= 11 is 6.08. The lowest BCUT2D eigenvalue weighted by Gasteiger charge is -2.42. The molecule has 0 spiro atoms. The van der Waals surface area contributed by atoms with Gasteiger partial charge < -0.3 is 14.8 Å². The standard InChI is InChI=1S/C15H22ClN5/c1-4-21-8-6-10(2)12(9-21)20(3)14-11-5-7-17-13(11)18-15(16)19-14/h5,7,10,12H,4,6,8-9H2,1-3H3,(H,17,18,19)/t10-,12?/m1/s1. The maximum absolute atomic E-state index is 6.08. The smallest absolute Gasteiger partial charge is 0.226 e. The Balaban J connectivity index is 1.95. The Kier molecular flexibility index (Phi) is 4.04. The minimum atomic E-state index is 0.294. The highest BCUT2D eigenvalue weighted by Crippen LogP contribution is 2.29. The summed E-state index contributed by atoms with van der Waals surface area (Å²) in [6.07, 6.45) is 3.10. The quantitative estimate of drug-likeness (QED) is 0.886. The van der Waals surface area contributed by atoms with Crippen LogP contribution in [0.2, 0.25) is 5.28 Å². The van der Waals surface area contributed by atoms with Crippen LogP contribution in [-0.2, 0) is 0 Å². The van der Waals surface area contributed by atoms with Crippen molar-refractivity contribution in [3.05, 3.63) is 17.5 Å². The Bertz CT molecular complexity index is 626. The second kappa shape index (κ2) is 5.81. The van der Waals surface area contributed by atoms with Crippen LogP contribution in [0.3, 0.4) is 0 Å². The number of halogens is 1. The van der Waals surface area contributed by atoms with Crippen LogP contribution >= 0.6 is 11.6 Å². The maximum Gasteiger partial charge on any atom is 0.226 e. The Morgan fingerprint density at radius 3 is 3.05 bits per heavy atom. The third-order valence-electron chi connectivity index (χ3n) is 4.65. The summed E-state index contributed by atoms with van der Waals surface area (Å²) in [6, 6.07) is 2.46. The van der Waals surface area contributed by atoms with Gasteiger partial charge in [0, 0.05) is 25.8 Å². The lowest BCUT2D eigenvalue weighted by atomic mass is 9.92. The number of rotatable bonds is 3.